The number of hydrazine groups is 1. The van der Waals surface area contributed by atoms with Crippen LogP contribution in [0.5, 0.6) is 0 Å². The Labute approximate surface area is 121 Å². The van der Waals surface area contributed by atoms with Crippen molar-refractivity contribution in [1.29, 1.82) is 0 Å². The van der Waals surface area contributed by atoms with Crippen LogP contribution in [-0.4, -0.2) is 0 Å². The molecule has 1 unspecified atom stereocenters. The highest BCUT2D eigenvalue weighted by molar-refractivity contribution is 6.34. The van der Waals surface area contributed by atoms with E-state index >= 15 is 0 Å². The molecule has 0 spiro atoms. The summed E-state index contributed by atoms with van der Waals surface area (Å²) in [5, 5.41) is 1.54. The highest BCUT2D eigenvalue weighted by Gasteiger charge is 2.22. The summed E-state index contributed by atoms with van der Waals surface area (Å²) in [5.74, 6) is 7.30. The number of para-hydroxylation sites is 1. The molecule has 0 fully saturated rings. The molecular weight excluding hydrogens is 276 g/mol. The number of hydrogen-bond donors (Lipinski definition) is 2. The predicted molar refractivity (Wildman–Crippen MR) is 78.5 cm³/mol. The molecule has 2 aromatic heterocycles. The number of nitrogens with one attached hydrogen (secondary N) is 1. The molecule has 3 N–H and O–H groups in total. The van der Waals surface area contributed by atoms with Crippen molar-refractivity contribution >= 4 is 22.6 Å². The van der Waals surface area contributed by atoms with Crippen LogP contribution in [0, 0.1) is 0 Å². The van der Waals surface area contributed by atoms with Gasteiger partial charge in [-0.2, -0.15) is 0 Å². The molecule has 104 valence electrons. The summed E-state index contributed by atoms with van der Waals surface area (Å²) < 4.78 is 11.3. The first-order chi connectivity index (χ1) is 9.74. The zero-order valence-electron chi connectivity index (χ0n) is 11.0. The Hall–Kier alpha value is -1.75. The molecule has 2 heterocycles. The largest absolute Gasteiger partial charge is 0.469 e. The second-order valence-electron chi connectivity index (χ2n) is 4.56. The number of hydrogen-bond acceptors (Lipinski definition) is 4. The van der Waals surface area contributed by atoms with E-state index < -0.39 is 0 Å². The summed E-state index contributed by atoms with van der Waals surface area (Å²) in [6.45, 7) is 2.03. The molecule has 3 aromatic rings. The molecular formula is C15H15ClN2O2. The van der Waals surface area contributed by atoms with E-state index in [4.69, 9.17) is 26.3 Å². The van der Waals surface area contributed by atoms with Crippen LogP contribution in [0.15, 0.2) is 45.4 Å². The second-order valence-corrected chi connectivity index (χ2v) is 4.97. The van der Waals surface area contributed by atoms with E-state index in [0.29, 0.717) is 16.4 Å². The van der Waals surface area contributed by atoms with Crippen LogP contribution in [-0.2, 0) is 6.42 Å². The van der Waals surface area contributed by atoms with Crippen LogP contribution in [0.1, 0.15) is 30.0 Å². The number of nitrogens with two attached hydrogens (primary N) is 1. The number of fused-ring (bicyclic) bond motifs is 1. The number of furan rings is 2. The number of benzene rings is 1. The molecule has 0 amide bonds. The molecule has 4 nitrogen and oxygen atoms in total. The maximum atomic E-state index is 6.14. The Kier molecular flexibility index (Phi) is 3.53. The zero-order chi connectivity index (χ0) is 14.1. The lowest BCUT2D eigenvalue weighted by Crippen LogP contribution is -2.28. The summed E-state index contributed by atoms with van der Waals surface area (Å²) in [7, 11) is 0. The highest BCUT2D eigenvalue weighted by Crippen LogP contribution is 2.33. The third-order valence-electron chi connectivity index (χ3n) is 3.38. The molecule has 1 aromatic carbocycles. The average Bonchev–Trinajstić information content (AvgIpc) is 3.07. The van der Waals surface area contributed by atoms with Crippen molar-refractivity contribution < 1.29 is 8.83 Å². The summed E-state index contributed by atoms with van der Waals surface area (Å²) >= 11 is 6.14. The van der Waals surface area contributed by atoms with Gasteiger partial charge in [0, 0.05) is 17.4 Å². The van der Waals surface area contributed by atoms with Crippen molar-refractivity contribution in [3.63, 3.8) is 0 Å². The van der Waals surface area contributed by atoms with Gasteiger partial charge in [0.25, 0.3) is 0 Å². The van der Waals surface area contributed by atoms with Gasteiger partial charge in [0.1, 0.15) is 17.6 Å². The van der Waals surface area contributed by atoms with Crippen molar-refractivity contribution in [3.05, 3.63) is 58.7 Å². The third kappa shape index (κ3) is 2.12. The van der Waals surface area contributed by atoms with Crippen LogP contribution >= 0.6 is 11.6 Å². The first-order valence-corrected chi connectivity index (χ1v) is 6.82. The first kappa shape index (κ1) is 13.2. The Bertz CT molecular complexity index is 732. The quantitative estimate of drug-likeness (QED) is 0.567. The molecule has 0 aliphatic carbocycles. The topological polar surface area (TPSA) is 64.3 Å². The van der Waals surface area contributed by atoms with Crippen LogP contribution in [0.25, 0.3) is 11.0 Å². The van der Waals surface area contributed by atoms with Gasteiger partial charge < -0.3 is 8.83 Å². The minimum Gasteiger partial charge on any atom is -0.469 e. The lowest BCUT2D eigenvalue weighted by Gasteiger charge is -2.12. The molecule has 1 atom stereocenters. The Morgan fingerprint density at radius 2 is 2.20 bits per heavy atom. The molecule has 0 aliphatic rings. The first-order valence-electron chi connectivity index (χ1n) is 6.45. The molecule has 5 heteroatoms. The third-order valence-corrected chi connectivity index (χ3v) is 3.68. The fraction of sp³-hybridized carbons (Fsp3) is 0.200. The minimum atomic E-state index is -0.257. The molecule has 0 radical (unpaired) electrons. The standard InChI is InChI=1S/C15H15ClN2O2/c1-2-12-10(6-7-19-12)14(18-17)13-8-9-4-3-5-11(16)15(9)20-13/h3-8,14,18H,2,17H2,1H3. The second kappa shape index (κ2) is 5.32. The van der Waals surface area contributed by atoms with Gasteiger partial charge in [0.2, 0.25) is 0 Å². The molecule has 0 aliphatic heterocycles. The predicted octanol–water partition coefficient (Wildman–Crippen LogP) is 3.79. The summed E-state index contributed by atoms with van der Waals surface area (Å²) in [6.07, 6.45) is 2.45. The highest BCUT2D eigenvalue weighted by atomic mass is 35.5. The lowest BCUT2D eigenvalue weighted by molar-refractivity contribution is 0.460. The average molecular weight is 291 g/mol. The maximum Gasteiger partial charge on any atom is 0.152 e. The van der Waals surface area contributed by atoms with Crippen LogP contribution < -0.4 is 11.3 Å². The van der Waals surface area contributed by atoms with Gasteiger partial charge in [-0.15, -0.1) is 0 Å². The Balaban J connectivity index is 2.10. The minimum absolute atomic E-state index is 0.257. The van der Waals surface area contributed by atoms with E-state index in [2.05, 4.69) is 5.43 Å². The van der Waals surface area contributed by atoms with Crippen LogP contribution in [0.3, 0.4) is 0 Å². The van der Waals surface area contributed by atoms with E-state index in [9.17, 15) is 0 Å². The van der Waals surface area contributed by atoms with E-state index in [-0.39, 0.29) is 6.04 Å². The van der Waals surface area contributed by atoms with Gasteiger partial charge in [0.05, 0.1) is 11.3 Å². The summed E-state index contributed by atoms with van der Waals surface area (Å²) in [6, 6.07) is 9.24. The number of aryl methyl sites for hydroxylation is 1. The SMILES string of the molecule is CCc1occc1C(NN)c1cc2cccc(Cl)c2o1. The fourth-order valence-corrected chi connectivity index (χ4v) is 2.63. The lowest BCUT2D eigenvalue weighted by atomic mass is 10.0. The van der Waals surface area contributed by atoms with E-state index in [1.807, 2.05) is 31.2 Å². The van der Waals surface area contributed by atoms with Crippen molar-refractivity contribution in [3.8, 4) is 0 Å². The number of rotatable bonds is 4. The van der Waals surface area contributed by atoms with E-state index in [1.54, 1.807) is 12.3 Å². The van der Waals surface area contributed by atoms with Crippen molar-refractivity contribution in [2.24, 2.45) is 5.84 Å². The van der Waals surface area contributed by atoms with Crippen molar-refractivity contribution in [2.75, 3.05) is 0 Å². The van der Waals surface area contributed by atoms with Crippen molar-refractivity contribution in [1.82, 2.24) is 5.43 Å². The van der Waals surface area contributed by atoms with Gasteiger partial charge >= 0.3 is 0 Å². The maximum absolute atomic E-state index is 6.14. The van der Waals surface area contributed by atoms with Gasteiger partial charge in [0.15, 0.2) is 5.58 Å². The smallest absolute Gasteiger partial charge is 0.152 e. The van der Waals surface area contributed by atoms with Gasteiger partial charge in [-0.05, 0) is 18.2 Å². The molecule has 0 bridgehead atoms. The van der Waals surface area contributed by atoms with E-state index in [0.717, 1.165) is 23.1 Å². The van der Waals surface area contributed by atoms with Gasteiger partial charge in [-0.25, -0.2) is 5.43 Å². The van der Waals surface area contributed by atoms with E-state index in [1.165, 1.54) is 0 Å². The van der Waals surface area contributed by atoms with Gasteiger partial charge in [-0.3, -0.25) is 5.84 Å². The Morgan fingerprint density at radius 3 is 2.90 bits per heavy atom. The summed E-state index contributed by atoms with van der Waals surface area (Å²) in [4.78, 5) is 0. The fourth-order valence-electron chi connectivity index (χ4n) is 2.41. The molecule has 0 saturated heterocycles. The number of halogens is 1. The molecule has 0 saturated carbocycles. The summed E-state index contributed by atoms with van der Waals surface area (Å²) in [5.41, 5.74) is 4.43. The zero-order valence-corrected chi connectivity index (χ0v) is 11.8. The monoisotopic (exact) mass is 290 g/mol. The van der Waals surface area contributed by atoms with Crippen LogP contribution in [0.2, 0.25) is 5.02 Å². The molecule has 3 rings (SSSR count). The van der Waals surface area contributed by atoms with Gasteiger partial charge in [-0.1, -0.05) is 30.7 Å². The normalized spacial score (nSPS) is 12.9. The molecule has 20 heavy (non-hydrogen) atoms. The Morgan fingerprint density at radius 1 is 1.35 bits per heavy atom. The van der Waals surface area contributed by atoms with Crippen LogP contribution in [0.4, 0.5) is 0 Å². The van der Waals surface area contributed by atoms with Crippen molar-refractivity contribution in [2.45, 2.75) is 19.4 Å².